The topological polar surface area (TPSA) is 107 Å². The lowest BCUT2D eigenvalue weighted by atomic mass is 10.0. The Morgan fingerprint density at radius 2 is 1.35 bits per heavy atom. The first kappa shape index (κ1) is 20.0. The standard InChI is InChI=1S/C24H18N2O5/c25-21(27)16-10-12-17(13-11-16)31-24(30)20(14-15-6-2-1-3-7-15)26-22(28)18-8-4-5-9-19(18)23(26)29/h1-13,20H,14H2,(H2,25,27)/t20-/m0/s1. The molecule has 0 saturated carbocycles. The number of rotatable bonds is 6. The number of carbonyl (C=O) groups excluding carboxylic acids is 4. The second kappa shape index (κ2) is 8.23. The Hall–Kier alpha value is -4.26. The van der Waals surface area contributed by atoms with Crippen LogP contribution in [0.2, 0.25) is 0 Å². The number of fused-ring (bicyclic) bond motifs is 1. The van der Waals surface area contributed by atoms with Crippen molar-refractivity contribution in [3.8, 4) is 5.75 Å². The summed E-state index contributed by atoms with van der Waals surface area (Å²) in [7, 11) is 0. The zero-order chi connectivity index (χ0) is 22.0. The summed E-state index contributed by atoms with van der Waals surface area (Å²) < 4.78 is 5.45. The van der Waals surface area contributed by atoms with Crippen LogP contribution in [0.15, 0.2) is 78.9 Å². The van der Waals surface area contributed by atoms with Crippen LogP contribution in [0, 0.1) is 0 Å². The summed E-state index contributed by atoms with van der Waals surface area (Å²) in [6, 6.07) is 20.1. The van der Waals surface area contributed by atoms with E-state index in [1.54, 1.807) is 36.4 Å². The van der Waals surface area contributed by atoms with Crippen molar-refractivity contribution in [2.24, 2.45) is 5.73 Å². The van der Waals surface area contributed by atoms with Gasteiger partial charge in [0.25, 0.3) is 11.8 Å². The fourth-order valence-electron chi connectivity index (χ4n) is 3.48. The van der Waals surface area contributed by atoms with E-state index in [4.69, 9.17) is 10.5 Å². The van der Waals surface area contributed by atoms with Crippen LogP contribution in [0.25, 0.3) is 0 Å². The average molecular weight is 414 g/mol. The summed E-state index contributed by atoms with van der Waals surface area (Å²) in [5, 5.41) is 0. The number of ether oxygens (including phenoxy) is 1. The number of hydrogen-bond donors (Lipinski definition) is 1. The van der Waals surface area contributed by atoms with Gasteiger partial charge in [-0.2, -0.15) is 0 Å². The molecule has 1 aliphatic heterocycles. The summed E-state index contributed by atoms with van der Waals surface area (Å²) in [5.41, 5.74) is 6.77. The summed E-state index contributed by atoms with van der Waals surface area (Å²) >= 11 is 0. The number of primary amides is 1. The van der Waals surface area contributed by atoms with Crippen molar-refractivity contribution in [2.75, 3.05) is 0 Å². The predicted octanol–water partition coefficient (Wildman–Crippen LogP) is 2.60. The highest BCUT2D eigenvalue weighted by Crippen LogP contribution is 2.27. The fourth-order valence-corrected chi connectivity index (χ4v) is 3.48. The number of amides is 3. The third kappa shape index (κ3) is 3.93. The predicted molar refractivity (Wildman–Crippen MR) is 111 cm³/mol. The Morgan fingerprint density at radius 1 is 0.806 bits per heavy atom. The molecule has 0 spiro atoms. The number of esters is 1. The number of benzene rings is 3. The monoisotopic (exact) mass is 414 g/mol. The molecule has 0 unspecified atom stereocenters. The van der Waals surface area contributed by atoms with E-state index in [1.807, 2.05) is 18.2 Å². The van der Waals surface area contributed by atoms with Crippen molar-refractivity contribution >= 4 is 23.7 Å². The number of nitrogens with zero attached hydrogens (tertiary/aromatic N) is 1. The molecule has 1 aliphatic rings. The van der Waals surface area contributed by atoms with E-state index in [1.165, 1.54) is 24.3 Å². The second-order valence-corrected chi connectivity index (χ2v) is 7.04. The van der Waals surface area contributed by atoms with Gasteiger partial charge in [0.05, 0.1) is 11.1 Å². The Balaban J connectivity index is 1.65. The largest absolute Gasteiger partial charge is 0.425 e. The van der Waals surface area contributed by atoms with E-state index in [0.29, 0.717) is 0 Å². The van der Waals surface area contributed by atoms with Crippen LogP contribution in [0.3, 0.4) is 0 Å². The summed E-state index contributed by atoms with van der Waals surface area (Å²) in [6.07, 6.45) is 0.102. The minimum Gasteiger partial charge on any atom is -0.425 e. The molecule has 7 nitrogen and oxygen atoms in total. The molecule has 3 aromatic rings. The van der Waals surface area contributed by atoms with Crippen molar-refractivity contribution in [1.29, 1.82) is 0 Å². The lowest BCUT2D eigenvalue weighted by Crippen LogP contribution is -2.48. The highest BCUT2D eigenvalue weighted by molar-refractivity contribution is 6.22. The molecule has 3 aromatic carbocycles. The van der Waals surface area contributed by atoms with Crippen LogP contribution in [0.4, 0.5) is 0 Å². The maximum absolute atomic E-state index is 13.1. The minimum absolute atomic E-state index is 0.102. The van der Waals surface area contributed by atoms with Crippen LogP contribution in [-0.2, 0) is 11.2 Å². The first-order valence-electron chi connectivity index (χ1n) is 9.58. The maximum atomic E-state index is 13.1. The van der Waals surface area contributed by atoms with Crippen LogP contribution in [0.1, 0.15) is 36.6 Å². The first-order chi connectivity index (χ1) is 15.0. The quantitative estimate of drug-likeness (QED) is 0.379. The fraction of sp³-hybridized carbons (Fsp3) is 0.0833. The highest BCUT2D eigenvalue weighted by atomic mass is 16.5. The molecule has 0 bridgehead atoms. The van der Waals surface area contributed by atoms with Crippen LogP contribution >= 0.6 is 0 Å². The molecule has 0 radical (unpaired) electrons. The van der Waals surface area contributed by atoms with Crippen molar-refractivity contribution in [1.82, 2.24) is 4.90 Å². The lowest BCUT2D eigenvalue weighted by molar-refractivity contribution is -0.138. The molecule has 0 aromatic heterocycles. The number of carbonyl (C=O) groups is 4. The van der Waals surface area contributed by atoms with Gasteiger partial charge in [-0.15, -0.1) is 0 Å². The van der Waals surface area contributed by atoms with E-state index in [9.17, 15) is 19.2 Å². The van der Waals surface area contributed by atoms with E-state index in [-0.39, 0.29) is 28.9 Å². The molecular formula is C24H18N2O5. The number of nitrogens with two attached hydrogens (primary N) is 1. The smallest absolute Gasteiger partial charge is 0.335 e. The molecule has 7 heteroatoms. The van der Waals surface area contributed by atoms with Gasteiger partial charge in [-0.05, 0) is 42.0 Å². The minimum atomic E-state index is -1.16. The molecule has 4 rings (SSSR count). The molecule has 0 fully saturated rings. The van der Waals surface area contributed by atoms with Crippen molar-refractivity contribution in [3.63, 3.8) is 0 Å². The van der Waals surface area contributed by atoms with Crippen LogP contribution in [-0.4, -0.2) is 34.6 Å². The van der Waals surface area contributed by atoms with Gasteiger partial charge < -0.3 is 10.5 Å². The Labute approximate surface area is 178 Å². The molecule has 31 heavy (non-hydrogen) atoms. The highest BCUT2D eigenvalue weighted by Gasteiger charge is 2.43. The van der Waals surface area contributed by atoms with Gasteiger partial charge in [0.15, 0.2) is 0 Å². The molecular weight excluding hydrogens is 396 g/mol. The van der Waals surface area contributed by atoms with E-state index >= 15 is 0 Å². The number of hydrogen-bond acceptors (Lipinski definition) is 5. The zero-order valence-electron chi connectivity index (χ0n) is 16.4. The molecule has 154 valence electrons. The van der Waals surface area contributed by atoms with Gasteiger partial charge in [0.1, 0.15) is 11.8 Å². The normalized spacial score (nSPS) is 13.6. The van der Waals surface area contributed by atoms with Crippen molar-refractivity contribution in [2.45, 2.75) is 12.5 Å². The van der Waals surface area contributed by atoms with Gasteiger partial charge in [-0.25, -0.2) is 4.79 Å². The summed E-state index contributed by atoms with van der Waals surface area (Å²) in [4.78, 5) is 51.2. The molecule has 0 saturated heterocycles. The molecule has 0 aliphatic carbocycles. The van der Waals surface area contributed by atoms with E-state index in [2.05, 4.69) is 0 Å². The van der Waals surface area contributed by atoms with Crippen LogP contribution in [0.5, 0.6) is 5.75 Å². The van der Waals surface area contributed by atoms with Gasteiger partial charge in [0, 0.05) is 12.0 Å². The van der Waals surface area contributed by atoms with Gasteiger partial charge in [-0.1, -0.05) is 42.5 Å². The molecule has 1 heterocycles. The molecule has 2 N–H and O–H groups in total. The Morgan fingerprint density at radius 3 is 1.90 bits per heavy atom. The third-order valence-corrected chi connectivity index (χ3v) is 5.04. The van der Waals surface area contributed by atoms with E-state index in [0.717, 1.165) is 10.5 Å². The van der Waals surface area contributed by atoms with Crippen molar-refractivity contribution in [3.05, 3.63) is 101 Å². The SMILES string of the molecule is NC(=O)c1ccc(OC(=O)[C@H](Cc2ccccc2)N2C(=O)c3ccccc3C2=O)cc1. The molecule has 1 atom stereocenters. The van der Waals surface area contributed by atoms with Gasteiger partial charge in [-0.3, -0.25) is 19.3 Å². The van der Waals surface area contributed by atoms with E-state index < -0.39 is 29.7 Å². The maximum Gasteiger partial charge on any atom is 0.335 e. The van der Waals surface area contributed by atoms with Gasteiger partial charge in [0.2, 0.25) is 5.91 Å². The zero-order valence-corrected chi connectivity index (χ0v) is 16.4. The summed E-state index contributed by atoms with van der Waals surface area (Å²) in [6.45, 7) is 0. The first-order valence-corrected chi connectivity index (χ1v) is 9.58. The Kier molecular flexibility index (Phi) is 5.32. The van der Waals surface area contributed by atoms with Crippen LogP contribution < -0.4 is 10.5 Å². The third-order valence-electron chi connectivity index (χ3n) is 5.04. The van der Waals surface area contributed by atoms with Crippen molar-refractivity contribution < 1.29 is 23.9 Å². The second-order valence-electron chi connectivity index (χ2n) is 7.04. The number of imide groups is 1. The molecule has 3 amide bonds. The van der Waals surface area contributed by atoms with Gasteiger partial charge >= 0.3 is 5.97 Å². The average Bonchev–Trinajstić information content (AvgIpc) is 3.03. The Bertz CT molecular complexity index is 1140. The lowest BCUT2D eigenvalue weighted by Gasteiger charge is -2.24. The summed E-state index contributed by atoms with van der Waals surface area (Å²) in [5.74, 6) is -2.27.